The molecule has 0 atom stereocenters. The van der Waals surface area contributed by atoms with Crippen molar-refractivity contribution in [2.24, 2.45) is 0 Å². The number of hydrogen-bond acceptors (Lipinski definition) is 3. The van der Waals surface area contributed by atoms with Gasteiger partial charge in [0.25, 0.3) is 0 Å². The van der Waals surface area contributed by atoms with Crippen molar-refractivity contribution in [1.82, 2.24) is 4.98 Å². The molecule has 0 N–H and O–H groups in total. The molecule has 3 heteroatoms. The minimum Gasteiger partial charge on any atom is -0.455 e. The number of furan rings is 1. The van der Waals surface area contributed by atoms with Crippen molar-refractivity contribution in [3.63, 3.8) is 0 Å². The van der Waals surface area contributed by atoms with Crippen molar-refractivity contribution in [1.29, 1.82) is 0 Å². The number of aromatic nitrogens is 1. The highest BCUT2D eigenvalue weighted by Crippen LogP contribution is 2.51. The molecule has 0 saturated carbocycles. The SMILES string of the molecule is c1ccc(-c2cccc3oc4c5cccc6c5c(cc4c23)-c2ccccc2-6)c(-c2nc3ccc4ccc5ccccc5c4c3o2)c1. The van der Waals surface area contributed by atoms with E-state index in [-0.39, 0.29) is 0 Å². The van der Waals surface area contributed by atoms with Crippen LogP contribution in [0.1, 0.15) is 0 Å². The number of nitrogens with zero attached hydrogens (tertiary/aromatic N) is 1. The first-order valence-electron chi connectivity index (χ1n) is 15.6. The number of oxazole rings is 1. The van der Waals surface area contributed by atoms with E-state index in [1.807, 2.05) is 0 Å². The maximum atomic E-state index is 6.72. The molecule has 11 rings (SSSR count). The predicted octanol–water partition coefficient (Wildman–Crippen LogP) is 12.2. The minimum absolute atomic E-state index is 0.610. The Kier molecular flexibility index (Phi) is 4.58. The Morgan fingerprint density at radius 1 is 0.370 bits per heavy atom. The van der Waals surface area contributed by atoms with E-state index in [0.29, 0.717) is 5.89 Å². The highest BCUT2D eigenvalue weighted by molar-refractivity contribution is 6.27. The Balaban J connectivity index is 1.19. The molecular formula is C43H23NO2. The standard InChI is InChI=1S/C43H23NO2/c1-2-10-26-24(9-1)19-20-25-21-22-36-42(38(25)26)46-43(44-36)32-14-6-5-13-29(32)31-16-8-18-37-40(31)35-23-34-28-12-4-3-11-27(28)30-15-7-17-33(39(30)34)41(35)45-37/h1-23H. The van der Waals surface area contributed by atoms with Gasteiger partial charge in [-0.05, 0) is 73.8 Å². The molecule has 0 fully saturated rings. The fourth-order valence-corrected chi connectivity index (χ4v) is 7.87. The average Bonchev–Trinajstić information content (AvgIpc) is 3.81. The van der Waals surface area contributed by atoms with E-state index >= 15 is 0 Å². The molecule has 0 radical (unpaired) electrons. The van der Waals surface area contributed by atoms with Crippen molar-refractivity contribution in [3.05, 3.63) is 140 Å². The number of benzene rings is 8. The van der Waals surface area contributed by atoms with E-state index in [4.69, 9.17) is 13.8 Å². The van der Waals surface area contributed by atoms with Gasteiger partial charge in [-0.15, -0.1) is 0 Å². The molecule has 0 amide bonds. The molecule has 0 spiro atoms. The van der Waals surface area contributed by atoms with Crippen LogP contribution in [-0.4, -0.2) is 4.98 Å². The summed E-state index contributed by atoms with van der Waals surface area (Å²) in [6.07, 6.45) is 0. The van der Waals surface area contributed by atoms with E-state index in [1.54, 1.807) is 0 Å². The van der Waals surface area contributed by atoms with E-state index in [2.05, 4.69) is 140 Å². The summed E-state index contributed by atoms with van der Waals surface area (Å²) in [5, 5.41) is 9.22. The Bertz CT molecular complexity index is 2920. The maximum absolute atomic E-state index is 6.72. The van der Waals surface area contributed by atoms with E-state index in [1.165, 1.54) is 38.4 Å². The Morgan fingerprint density at radius 2 is 1.00 bits per heavy atom. The zero-order chi connectivity index (χ0) is 29.9. The van der Waals surface area contributed by atoms with Crippen LogP contribution in [0.5, 0.6) is 0 Å². The molecule has 2 aromatic heterocycles. The third kappa shape index (κ3) is 3.09. The summed E-state index contributed by atoms with van der Waals surface area (Å²) in [5.41, 5.74) is 11.6. The normalized spacial score (nSPS) is 12.3. The topological polar surface area (TPSA) is 39.2 Å². The molecular weight excluding hydrogens is 562 g/mol. The molecule has 0 unspecified atom stereocenters. The summed E-state index contributed by atoms with van der Waals surface area (Å²) in [6, 6.07) is 49.4. The van der Waals surface area contributed by atoms with Crippen LogP contribution in [0.25, 0.3) is 110 Å². The first-order chi connectivity index (χ1) is 22.8. The average molecular weight is 586 g/mol. The van der Waals surface area contributed by atoms with Crippen molar-refractivity contribution >= 4 is 65.4 Å². The molecule has 2 heterocycles. The van der Waals surface area contributed by atoms with Gasteiger partial charge < -0.3 is 8.83 Å². The number of fused-ring (bicyclic) bond motifs is 12. The Labute approximate surface area is 262 Å². The number of rotatable bonds is 2. The van der Waals surface area contributed by atoms with Gasteiger partial charge in [-0.1, -0.05) is 115 Å². The molecule has 0 bridgehead atoms. The van der Waals surface area contributed by atoms with Gasteiger partial charge in [0, 0.05) is 32.5 Å². The van der Waals surface area contributed by atoms with Crippen LogP contribution in [0.15, 0.2) is 148 Å². The Morgan fingerprint density at radius 3 is 1.87 bits per heavy atom. The maximum Gasteiger partial charge on any atom is 0.227 e. The summed E-state index contributed by atoms with van der Waals surface area (Å²) >= 11 is 0. The molecule has 10 aromatic rings. The summed E-state index contributed by atoms with van der Waals surface area (Å²) in [6.45, 7) is 0. The molecule has 46 heavy (non-hydrogen) atoms. The van der Waals surface area contributed by atoms with Gasteiger partial charge in [0.1, 0.15) is 16.7 Å². The van der Waals surface area contributed by atoms with Gasteiger partial charge in [0.05, 0.1) is 0 Å². The van der Waals surface area contributed by atoms with Crippen LogP contribution in [-0.2, 0) is 0 Å². The molecule has 1 aliphatic carbocycles. The van der Waals surface area contributed by atoms with E-state index in [0.717, 1.165) is 65.9 Å². The summed E-state index contributed by atoms with van der Waals surface area (Å²) in [5.74, 6) is 0.610. The zero-order valence-electron chi connectivity index (χ0n) is 24.5. The minimum atomic E-state index is 0.610. The van der Waals surface area contributed by atoms with Crippen LogP contribution in [0.3, 0.4) is 0 Å². The lowest BCUT2D eigenvalue weighted by Gasteiger charge is -2.09. The first kappa shape index (κ1) is 24.2. The van der Waals surface area contributed by atoms with Crippen LogP contribution < -0.4 is 0 Å². The summed E-state index contributed by atoms with van der Waals surface area (Å²) in [4.78, 5) is 5.07. The zero-order valence-corrected chi connectivity index (χ0v) is 24.5. The highest BCUT2D eigenvalue weighted by atomic mass is 16.3. The third-order valence-electron chi connectivity index (χ3n) is 9.84. The van der Waals surface area contributed by atoms with E-state index < -0.39 is 0 Å². The fourth-order valence-electron chi connectivity index (χ4n) is 7.87. The van der Waals surface area contributed by atoms with Crippen LogP contribution in [0.4, 0.5) is 0 Å². The molecule has 3 nitrogen and oxygen atoms in total. The predicted molar refractivity (Wildman–Crippen MR) is 189 cm³/mol. The second-order valence-electron chi connectivity index (χ2n) is 12.2. The van der Waals surface area contributed by atoms with Gasteiger partial charge in [0.2, 0.25) is 5.89 Å². The summed E-state index contributed by atoms with van der Waals surface area (Å²) in [7, 11) is 0. The lowest BCUT2D eigenvalue weighted by molar-refractivity contribution is 0.623. The van der Waals surface area contributed by atoms with Gasteiger partial charge in [0.15, 0.2) is 5.58 Å². The first-order valence-corrected chi connectivity index (χ1v) is 15.6. The largest absolute Gasteiger partial charge is 0.455 e. The third-order valence-corrected chi connectivity index (χ3v) is 9.84. The second-order valence-corrected chi connectivity index (χ2v) is 12.2. The van der Waals surface area contributed by atoms with Crippen molar-refractivity contribution < 1.29 is 8.83 Å². The van der Waals surface area contributed by atoms with Crippen LogP contribution in [0.2, 0.25) is 0 Å². The van der Waals surface area contributed by atoms with Gasteiger partial charge in [-0.25, -0.2) is 4.98 Å². The monoisotopic (exact) mass is 585 g/mol. The molecule has 1 aliphatic rings. The quantitative estimate of drug-likeness (QED) is 0.189. The van der Waals surface area contributed by atoms with Crippen molar-refractivity contribution in [3.8, 4) is 44.8 Å². The van der Waals surface area contributed by atoms with Crippen molar-refractivity contribution in [2.75, 3.05) is 0 Å². The van der Waals surface area contributed by atoms with Crippen molar-refractivity contribution in [2.45, 2.75) is 0 Å². The van der Waals surface area contributed by atoms with Gasteiger partial charge >= 0.3 is 0 Å². The number of hydrogen-bond donors (Lipinski definition) is 0. The lowest BCUT2D eigenvalue weighted by atomic mass is 9.93. The molecule has 0 aliphatic heterocycles. The molecule has 8 aromatic carbocycles. The fraction of sp³-hybridized carbons (Fsp3) is 0. The van der Waals surface area contributed by atoms with Crippen LogP contribution >= 0.6 is 0 Å². The van der Waals surface area contributed by atoms with Crippen LogP contribution in [0, 0.1) is 0 Å². The van der Waals surface area contributed by atoms with E-state index in [9.17, 15) is 0 Å². The van der Waals surface area contributed by atoms with Gasteiger partial charge in [-0.3, -0.25) is 0 Å². The smallest absolute Gasteiger partial charge is 0.227 e. The highest BCUT2D eigenvalue weighted by Gasteiger charge is 2.26. The van der Waals surface area contributed by atoms with Gasteiger partial charge in [-0.2, -0.15) is 0 Å². The summed E-state index contributed by atoms with van der Waals surface area (Å²) < 4.78 is 13.4. The lowest BCUT2D eigenvalue weighted by Crippen LogP contribution is -1.86. The molecule has 212 valence electrons. The second kappa shape index (κ2) is 8.71. The molecule has 0 saturated heterocycles. The Hall–Kier alpha value is -6.19.